The van der Waals surface area contributed by atoms with Crippen molar-refractivity contribution in [1.82, 2.24) is 14.8 Å². The maximum atomic E-state index is 13.2. The lowest BCUT2D eigenvalue weighted by molar-refractivity contribution is -0.138. The normalized spacial score (nSPS) is 16.8. The molecule has 0 spiro atoms. The number of hydrogen-bond acceptors (Lipinski definition) is 5. The largest absolute Gasteiger partial charge is 0.480 e. The van der Waals surface area contributed by atoms with Crippen LogP contribution in [0.3, 0.4) is 0 Å². The van der Waals surface area contributed by atoms with E-state index < -0.39 is 6.10 Å². The molecule has 2 aromatic rings. The van der Waals surface area contributed by atoms with Crippen LogP contribution in [0.4, 0.5) is 0 Å². The van der Waals surface area contributed by atoms with Crippen molar-refractivity contribution in [1.29, 1.82) is 0 Å². The molecular weight excluding hydrogens is 370 g/mol. The average molecular weight is 402 g/mol. The Bertz CT molecular complexity index is 748. The van der Waals surface area contributed by atoms with Crippen molar-refractivity contribution in [3.63, 3.8) is 0 Å². The van der Waals surface area contributed by atoms with Gasteiger partial charge >= 0.3 is 0 Å². The second-order valence-electron chi connectivity index (χ2n) is 7.64. The summed E-state index contributed by atoms with van der Waals surface area (Å²) >= 11 is 1.63. The van der Waals surface area contributed by atoms with E-state index in [0.717, 1.165) is 56.2 Å². The van der Waals surface area contributed by atoms with E-state index in [2.05, 4.69) is 35.2 Å². The zero-order chi connectivity index (χ0) is 19.9. The molecule has 1 aliphatic heterocycles. The molecule has 1 aromatic carbocycles. The van der Waals surface area contributed by atoms with Crippen molar-refractivity contribution in [3.05, 3.63) is 46.4 Å². The summed E-state index contributed by atoms with van der Waals surface area (Å²) in [5.74, 6) is 1.30. The number of para-hydroxylation sites is 1. The summed E-state index contributed by atoms with van der Waals surface area (Å²) in [6.45, 7) is 10.6. The van der Waals surface area contributed by atoms with Gasteiger partial charge in [-0.1, -0.05) is 39.0 Å². The van der Waals surface area contributed by atoms with Gasteiger partial charge in [0.15, 0.2) is 6.10 Å². The molecule has 152 valence electrons. The lowest BCUT2D eigenvalue weighted by Gasteiger charge is -2.27. The third-order valence-electron chi connectivity index (χ3n) is 5.23. The fourth-order valence-corrected chi connectivity index (χ4v) is 4.17. The van der Waals surface area contributed by atoms with Crippen LogP contribution in [0.1, 0.15) is 50.8 Å². The van der Waals surface area contributed by atoms with Gasteiger partial charge in [-0.3, -0.25) is 9.69 Å². The number of carbonyl (C=O) groups excluding carboxylic acids is 1. The van der Waals surface area contributed by atoms with Gasteiger partial charge in [-0.25, -0.2) is 4.98 Å². The van der Waals surface area contributed by atoms with Crippen LogP contribution < -0.4 is 4.74 Å². The summed E-state index contributed by atoms with van der Waals surface area (Å²) in [5.41, 5.74) is 4.14. The first kappa shape index (κ1) is 20.8. The number of hydrogen-bond donors (Lipinski definition) is 0. The first-order valence-electron chi connectivity index (χ1n) is 10.2. The predicted octanol–water partition coefficient (Wildman–Crippen LogP) is 4.16. The maximum absolute atomic E-state index is 13.2. The minimum Gasteiger partial charge on any atom is -0.480 e. The molecule has 1 amide bonds. The highest BCUT2D eigenvalue weighted by molar-refractivity contribution is 7.07. The van der Waals surface area contributed by atoms with Crippen molar-refractivity contribution in [2.45, 2.75) is 52.2 Å². The number of ether oxygens (including phenoxy) is 1. The molecule has 0 aliphatic carbocycles. The number of benzene rings is 1. The van der Waals surface area contributed by atoms with Gasteiger partial charge in [0.1, 0.15) is 5.75 Å². The number of amides is 1. The van der Waals surface area contributed by atoms with E-state index >= 15 is 0 Å². The van der Waals surface area contributed by atoms with Gasteiger partial charge in [0.05, 0.1) is 11.2 Å². The maximum Gasteiger partial charge on any atom is 0.263 e. The second kappa shape index (κ2) is 10.0. The number of thiazole rings is 1. The molecule has 5 nitrogen and oxygen atoms in total. The summed E-state index contributed by atoms with van der Waals surface area (Å²) in [5, 5.41) is 2.10. The minimum atomic E-state index is -0.426. The summed E-state index contributed by atoms with van der Waals surface area (Å²) in [7, 11) is 0. The van der Waals surface area contributed by atoms with E-state index in [-0.39, 0.29) is 5.91 Å². The van der Waals surface area contributed by atoms with Crippen molar-refractivity contribution < 1.29 is 9.53 Å². The molecule has 2 heterocycles. The highest BCUT2D eigenvalue weighted by Gasteiger charge is 2.27. The minimum absolute atomic E-state index is 0.108. The van der Waals surface area contributed by atoms with Crippen LogP contribution in [-0.2, 0) is 11.3 Å². The Morgan fingerprint density at radius 3 is 2.75 bits per heavy atom. The van der Waals surface area contributed by atoms with E-state index in [0.29, 0.717) is 12.3 Å². The molecule has 0 bridgehead atoms. The second-order valence-corrected chi connectivity index (χ2v) is 8.36. The standard InChI is InChI=1S/C22H31N3O2S/c1-4-20(27-21-9-6-5-8-19(21)17(2)3)22(26)25-11-7-10-24(12-13-25)14-18-15-28-16-23-18/h5-6,8-9,15-17,20H,4,7,10-14H2,1-3H3. The number of rotatable bonds is 7. The molecule has 0 N–H and O–H groups in total. The van der Waals surface area contributed by atoms with Crippen LogP contribution in [0.5, 0.6) is 5.75 Å². The Labute approximate surface area is 172 Å². The summed E-state index contributed by atoms with van der Waals surface area (Å²) in [4.78, 5) is 21.9. The highest BCUT2D eigenvalue weighted by atomic mass is 32.1. The van der Waals surface area contributed by atoms with Crippen LogP contribution in [0.25, 0.3) is 0 Å². The van der Waals surface area contributed by atoms with E-state index in [1.807, 2.05) is 35.5 Å². The first-order valence-corrected chi connectivity index (χ1v) is 11.2. The highest BCUT2D eigenvalue weighted by Crippen LogP contribution is 2.27. The number of carbonyl (C=O) groups is 1. The first-order chi connectivity index (χ1) is 13.6. The summed E-state index contributed by atoms with van der Waals surface area (Å²) in [6.07, 6.45) is 1.23. The average Bonchev–Trinajstić information content (AvgIpc) is 3.10. The quantitative estimate of drug-likeness (QED) is 0.699. The Morgan fingerprint density at radius 2 is 2.04 bits per heavy atom. The van der Waals surface area contributed by atoms with Crippen LogP contribution in [-0.4, -0.2) is 53.0 Å². The van der Waals surface area contributed by atoms with Gasteiger partial charge in [-0.2, -0.15) is 0 Å². The predicted molar refractivity (Wildman–Crippen MR) is 114 cm³/mol. The Kier molecular flexibility index (Phi) is 7.45. The number of nitrogens with zero attached hydrogens (tertiary/aromatic N) is 3. The number of aromatic nitrogens is 1. The molecule has 1 aliphatic rings. The third kappa shape index (κ3) is 5.32. The topological polar surface area (TPSA) is 45.7 Å². The van der Waals surface area contributed by atoms with E-state index in [1.54, 1.807) is 11.3 Å². The zero-order valence-corrected chi connectivity index (χ0v) is 18.0. The lowest BCUT2D eigenvalue weighted by atomic mass is 10.0. The molecule has 3 rings (SSSR count). The van der Waals surface area contributed by atoms with Crippen molar-refractivity contribution in [2.24, 2.45) is 0 Å². The van der Waals surface area contributed by atoms with Gasteiger partial charge in [0.2, 0.25) is 0 Å². The molecule has 0 saturated carbocycles. The fraction of sp³-hybridized carbons (Fsp3) is 0.545. The SMILES string of the molecule is CCC(Oc1ccccc1C(C)C)C(=O)N1CCCN(Cc2cscn2)CC1. The van der Waals surface area contributed by atoms with Crippen LogP contribution in [0.15, 0.2) is 35.2 Å². The molecular formula is C22H31N3O2S. The lowest BCUT2D eigenvalue weighted by Crippen LogP contribution is -2.43. The fourth-order valence-electron chi connectivity index (χ4n) is 3.62. The van der Waals surface area contributed by atoms with E-state index in [4.69, 9.17) is 4.74 Å². The molecule has 1 aromatic heterocycles. The van der Waals surface area contributed by atoms with Crippen molar-refractivity contribution >= 4 is 17.2 Å². The van der Waals surface area contributed by atoms with Crippen LogP contribution in [0.2, 0.25) is 0 Å². The molecule has 1 unspecified atom stereocenters. The van der Waals surface area contributed by atoms with Gasteiger partial charge in [-0.15, -0.1) is 11.3 Å². The van der Waals surface area contributed by atoms with Gasteiger partial charge in [-0.05, 0) is 30.4 Å². The van der Waals surface area contributed by atoms with Gasteiger partial charge in [0, 0.05) is 38.1 Å². The zero-order valence-electron chi connectivity index (χ0n) is 17.1. The van der Waals surface area contributed by atoms with Gasteiger partial charge in [0.25, 0.3) is 5.91 Å². The van der Waals surface area contributed by atoms with Gasteiger partial charge < -0.3 is 9.64 Å². The van der Waals surface area contributed by atoms with Crippen molar-refractivity contribution in [3.8, 4) is 5.75 Å². The molecule has 6 heteroatoms. The Balaban J connectivity index is 1.61. The Hall–Kier alpha value is -1.92. The monoisotopic (exact) mass is 401 g/mol. The third-order valence-corrected chi connectivity index (χ3v) is 5.86. The Morgan fingerprint density at radius 1 is 1.21 bits per heavy atom. The van der Waals surface area contributed by atoms with Crippen LogP contribution in [0, 0.1) is 0 Å². The van der Waals surface area contributed by atoms with E-state index in [1.165, 1.54) is 0 Å². The summed E-state index contributed by atoms with van der Waals surface area (Å²) < 4.78 is 6.21. The van der Waals surface area contributed by atoms with E-state index in [9.17, 15) is 4.79 Å². The molecule has 0 radical (unpaired) electrons. The molecule has 1 fully saturated rings. The van der Waals surface area contributed by atoms with Crippen molar-refractivity contribution in [2.75, 3.05) is 26.2 Å². The molecule has 1 atom stereocenters. The van der Waals surface area contributed by atoms with Crippen LogP contribution >= 0.6 is 11.3 Å². The molecule has 1 saturated heterocycles. The molecule has 28 heavy (non-hydrogen) atoms. The summed E-state index contributed by atoms with van der Waals surface area (Å²) in [6, 6.07) is 8.06. The smallest absolute Gasteiger partial charge is 0.263 e.